The van der Waals surface area contributed by atoms with E-state index in [1.807, 2.05) is 12.1 Å². The first kappa shape index (κ1) is 27.3. The van der Waals surface area contributed by atoms with Crippen molar-refractivity contribution in [1.29, 1.82) is 0 Å². The van der Waals surface area contributed by atoms with Gasteiger partial charge in [-0.05, 0) is 12.8 Å². The predicted octanol–water partition coefficient (Wildman–Crippen LogP) is 3.29. The molecule has 0 amide bonds. The molecule has 4 rings (SSSR count). The second-order valence-corrected chi connectivity index (χ2v) is 6.88. The van der Waals surface area contributed by atoms with E-state index in [9.17, 15) is 10.2 Å². The van der Waals surface area contributed by atoms with Crippen LogP contribution in [0.4, 0.5) is 0 Å². The van der Waals surface area contributed by atoms with Gasteiger partial charge in [0.2, 0.25) is 11.8 Å². The average Bonchev–Trinajstić information content (AvgIpc) is 3.45. The topological polar surface area (TPSA) is 112 Å². The van der Waals surface area contributed by atoms with Gasteiger partial charge in [-0.1, -0.05) is 86.1 Å². The Kier molecular flexibility index (Phi) is 12.3. The van der Waals surface area contributed by atoms with E-state index in [0.717, 1.165) is 12.8 Å². The second kappa shape index (κ2) is 14.4. The molecule has 0 saturated carbocycles. The summed E-state index contributed by atoms with van der Waals surface area (Å²) in [7, 11) is 0. The van der Waals surface area contributed by atoms with Gasteiger partial charge in [0.05, 0.1) is 12.1 Å². The zero-order valence-corrected chi connectivity index (χ0v) is 19.9. The van der Waals surface area contributed by atoms with Crippen LogP contribution in [0.5, 0.6) is 11.5 Å². The van der Waals surface area contributed by atoms with Crippen LogP contribution in [0.25, 0.3) is 5.41 Å². The van der Waals surface area contributed by atoms with Crippen LogP contribution < -0.4 is 10.2 Å². The standard InChI is InChI=1S/2C11H13NO2.CNS.Mn/c2*1-2-8-7-14-11(12-8)9-5-3-4-6-10(9)13;2-1-3;/h2*3-6,8,13H,2,7H2,1H3;;/q;;-1;+3/p-2/t2*8-;;/m11../s1. The van der Waals surface area contributed by atoms with E-state index in [0.29, 0.717) is 36.1 Å². The molecule has 168 valence electrons. The monoisotopic (exact) mass is 493 g/mol. The Morgan fingerprint density at radius 1 is 0.875 bits per heavy atom. The molecule has 32 heavy (non-hydrogen) atoms. The SMILES string of the molecule is CC[C@@H]1COC(c2ccccc2[O-])=N1.CC[C@@H]1COC(c2ccccc2[O-])=N1.[Mn+3].[N-]=C=S. The van der Waals surface area contributed by atoms with Gasteiger partial charge < -0.3 is 25.1 Å². The van der Waals surface area contributed by atoms with Crippen molar-refractivity contribution in [1.82, 2.24) is 0 Å². The molecule has 0 unspecified atom stereocenters. The van der Waals surface area contributed by atoms with Crippen LogP contribution in [0.2, 0.25) is 0 Å². The van der Waals surface area contributed by atoms with Crippen molar-refractivity contribution in [2.75, 3.05) is 13.2 Å². The minimum Gasteiger partial charge on any atom is -0.872 e. The summed E-state index contributed by atoms with van der Waals surface area (Å²) in [5.74, 6) is 0.955. The normalized spacial score (nSPS) is 18.1. The zero-order valence-electron chi connectivity index (χ0n) is 17.9. The largest absolute Gasteiger partial charge is 3.00 e. The second-order valence-electron chi connectivity index (χ2n) is 6.70. The molecule has 2 atom stereocenters. The summed E-state index contributed by atoms with van der Waals surface area (Å²) < 4.78 is 10.7. The van der Waals surface area contributed by atoms with Gasteiger partial charge in [0.1, 0.15) is 13.2 Å². The Hall–Kier alpha value is -2.70. The van der Waals surface area contributed by atoms with Gasteiger partial charge in [0.25, 0.3) is 0 Å². The minimum absolute atomic E-state index is 0. The zero-order chi connectivity index (χ0) is 22.6. The number of hydrogen-bond donors (Lipinski definition) is 0. The first-order chi connectivity index (χ1) is 15.0. The fraction of sp³-hybridized carbons (Fsp3) is 0.348. The van der Waals surface area contributed by atoms with E-state index in [4.69, 9.17) is 14.9 Å². The molecule has 0 N–H and O–H groups in total. The van der Waals surface area contributed by atoms with Crippen molar-refractivity contribution in [3.05, 3.63) is 65.1 Å². The maximum absolute atomic E-state index is 11.4. The van der Waals surface area contributed by atoms with E-state index in [1.165, 1.54) is 17.3 Å². The molecule has 0 spiro atoms. The van der Waals surface area contributed by atoms with Gasteiger partial charge in [0.15, 0.2) is 0 Å². The third kappa shape index (κ3) is 7.77. The summed E-state index contributed by atoms with van der Waals surface area (Å²) in [6.07, 6.45) is 1.90. The van der Waals surface area contributed by atoms with Crippen LogP contribution >= 0.6 is 12.2 Å². The fourth-order valence-electron chi connectivity index (χ4n) is 2.83. The molecule has 2 heterocycles. The molecule has 2 aliphatic heterocycles. The molecule has 2 aromatic rings. The van der Waals surface area contributed by atoms with Crippen LogP contribution in [-0.2, 0) is 26.5 Å². The van der Waals surface area contributed by atoms with Crippen LogP contribution in [0, 0.1) is 0 Å². The number of ether oxygens (including phenoxy) is 2. The summed E-state index contributed by atoms with van der Waals surface area (Å²) in [6, 6.07) is 14.1. The number of para-hydroxylation sites is 2. The Morgan fingerprint density at radius 3 is 1.50 bits per heavy atom. The van der Waals surface area contributed by atoms with Crippen LogP contribution in [0.3, 0.4) is 0 Å². The van der Waals surface area contributed by atoms with Gasteiger partial charge in [0, 0.05) is 11.1 Å². The van der Waals surface area contributed by atoms with Crippen molar-refractivity contribution < 1.29 is 36.8 Å². The third-order valence-electron chi connectivity index (χ3n) is 4.60. The molecule has 0 radical (unpaired) electrons. The maximum Gasteiger partial charge on any atom is 3.00 e. The van der Waals surface area contributed by atoms with Crippen molar-refractivity contribution in [3.63, 3.8) is 0 Å². The average molecular weight is 493 g/mol. The Morgan fingerprint density at radius 2 is 1.22 bits per heavy atom. The van der Waals surface area contributed by atoms with Crippen molar-refractivity contribution in [2.24, 2.45) is 9.98 Å². The molecule has 0 bridgehead atoms. The van der Waals surface area contributed by atoms with Gasteiger partial charge in [-0.15, -0.1) is 0 Å². The number of isothiocyanates is 1. The van der Waals surface area contributed by atoms with Crippen LogP contribution in [-0.4, -0.2) is 42.3 Å². The number of rotatable bonds is 4. The number of nitrogens with zero attached hydrogens (tertiary/aromatic N) is 3. The van der Waals surface area contributed by atoms with Crippen molar-refractivity contribution >= 4 is 29.2 Å². The van der Waals surface area contributed by atoms with Crippen LogP contribution in [0.15, 0.2) is 58.5 Å². The third-order valence-corrected chi connectivity index (χ3v) is 4.60. The first-order valence-electron chi connectivity index (χ1n) is 9.99. The van der Waals surface area contributed by atoms with Crippen molar-refractivity contribution in [2.45, 2.75) is 38.8 Å². The molecule has 2 aliphatic rings. The van der Waals surface area contributed by atoms with E-state index in [1.54, 1.807) is 24.3 Å². The molecule has 2 aromatic carbocycles. The Balaban J connectivity index is 0.000000278. The number of thiocarbonyl (C=S) groups is 1. The van der Waals surface area contributed by atoms with E-state index in [2.05, 4.69) is 36.1 Å². The smallest absolute Gasteiger partial charge is 0.872 e. The summed E-state index contributed by atoms with van der Waals surface area (Å²) >= 11 is 3.70. The van der Waals surface area contributed by atoms with E-state index in [-0.39, 0.29) is 40.7 Å². The van der Waals surface area contributed by atoms with Gasteiger partial charge in [-0.25, -0.2) is 9.98 Å². The summed E-state index contributed by atoms with van der Waals surface area (Å²) in [5.41, 5.74) is 1.15. The van der Waals surface area contributed by atoms with Gasteiger partial charge in [-0.2, -0.15) is 5.16 Å². The molecule has 0 aliphatic carbocycles. The summed E-state index contributed by atoms with van der Waals surface area (Å²) in [4.78, 5) is 8.66. The number of aliphatic imine (C=N–C) groups is 2. The van der Waals surface area contributed by atoms with E-state index < -0.39 is 0 Å². The molecule has 0 fully saturated rings. The maximum atomic E-state index is 11.4. The molecule has 7 nitrogen and oxygen atoms in total. The van der Waals surface area contributed by atoms with Crippen molar-refractivity contribution in [3.8, 4) is 11.5 Å². The van der Waals surface area contributed by atoms with E-state index >= 15 is 0 Å². The molecular weight excluding hydrogens is 469 g/mol. The van der Waals surface area contributed by atoms with Gasteiger partial charge >= 0.3 is 17.1 Å². The molecular formula is C23H24MnN3O4S. The minimum atomic E-state index is -0.0250. The quantitative estimate of drug-likeness (QED) is 0.369. The van der Waals surface area contributed by atoms with Gasteiger partial charge in [-0.3, -0.25) is 0 Å². The number of hydrogen-bond acceptors (Lipinski definition) is 7. The van der Waals surface area contributed by atoms with Crippen LogP contribution in [0.1, 0.15) is 37.8 Å². The first-order valence-corrected chi connectivity index (χ1v) is 10.4. The summed E-state index contributed by atoms with van der Waals surface area (Å²) in [5, 5.41) is 31.3. The summed E-state index contributed by atoms with van der Waals surface area (Å²) in [6.45, 7) is 5.31. The Bertz CT molecular complexity index is 890. The Labute approximate surface area is 204 Å². The predicted molar refractivity (Wildman–Crippen MR) is 121 cm³/mol. The molecule has 0 aromatic heterocycles. The number of benzene rings is 2. The fourth-order valence-corrected chi connectivity index (χ4v) is 2.83. The molecule has 0 saturated heterocycles. The molecule has 9 heteroatoms.